The SMILES string of the molecule is Fc1cc(F)c2c(c1)SC(F)(F)O2. The van der Waals surface area contributed by atoms with Gasteiger partial charge >= 0.3 is 5.44 Å². The third-order valence-electron chi connectivity index (χ3n) is 1.42. The Morgan fingerprint density at radius 1 is 1.23 bits per heavy atom. The molecule has 1 aliphatic heterocycles. The van der Waals surface area contributed by atoms with Crippen LogP contribution in [-0.2, 0) is 0 Å². The summed E-state index contributed by atoms with van der Waals surface area (Å²) in [5.41, 5.74) is -3.50. The van der Waals surface area contributed by atoms with Crippen LogP contribution >= 0.6 is 11.8 Å². The molecule has 0 aromatic heterocycles. The van der Waals surface area contributed by atoms with Gasteiger partial charge in [-0.15, -0.1) is 0 Å². The molecule has 70 valence electrons. The summed E-state index contributed by atoms with van der Waals surface area (Å²) < 4.78 is 54.3. The lowest BCUT2D eigenvalue weighted by Gasteiger charge is -2.05. The zero-order valence-electron chi connectivity index (χ0n) is 5.98. The van der Waals surface area contributed by atoms with Gasteiger partial charge in [0.1, 0.15) is 5.82 Å². The summed E-state index contributed by atoms with van der Waals surface area (Å²) in [6.45, 7) is 0. The van der Waals surface area contributed by atoms with Crippen LogP contribution in [0.1, 0.15) is 0 Å². The fourth-order valence-corrected chi connectivity index (χ4v) is 1.76. The Morgan fingerprint density at radius 3 is 2.62 bits per heavy atom. The molecule has 0 saturated heterocycles. The maximum Gasteiger partial charge on any atom is 0.457 e. The van der Waals surface area contributed by atoms with Gasteiger partial charge in [-0.3, -0.25) is 0 Å². The number of halogens is 4. The number of rotatable bonds is 0. The third kappa shape index (κ3) is 1.46. The molecule has 0 N–H and O–H groups in total. The zero-order chi connectivity index (χ0) is 9.64. The van der Waals surface area contributed by atoms with Gasteiger partial charge < -0.3 is 4.74 Å². The van der Waals surface area contributed by atoms with Crippen molar-refractivity contribution in [1.29, 1.82) is 0 Å². The van der Waals surface area contributed by atoms with Crippen LogP contribution in [-0.4, -0.2) is 5.44 Å². The van der Waals surface area contributed by atoms with Gasteiger partial charge in [0.15, 0.2) is 11.6 Å². The number of hydrogen-bond acceptors (Lipinski definition) is 2. The Labute approximate surface area is 74.7 Å². The van der Waals surface area contributed by atoms with Crippen molar-refractivity contribution >= 4 is 11.8 Å². The molecule has 0 spiro atoms. The molecule has 0 atom stereocenters. The van der Waals surface area contributed by atoms with E-state index in [1.165, 1.54) is 0 Å². The lowest BCUT2D eigenvalue weighted by molar-refractivity contribution is -0.0842. The van der Waals surface area contributed by atoms with E-state index in [0.29, 0.717) is 6.07 Å². The maximum atomic E-state index is 12.8. The summed E-state index contributed by atoms with van der Waals surface area (Å²) in [5.74, 6) is -2.60. The van der Waals surface area contributed by atoms with Crippen molar-refractivity contribution in [3.05, 3.63) is 23.8 Å². The van der Waals surface area contributed by atoms with Gasteiger partial charge in [0.25, 0.3) is 0 Å². The van der Waals surface area contributed by atoms with Crippen LogP contribution in [0, 0.1) is 11.6 Å². The molecule has 1 aromatic carbocycles. The minimum Gasteiger partial charge on any atom is -0.419 e. The molecule has 0 saturated carbocycles. The average molecular weight is 210 g/mol. The van der Waals surface area contributed by atoms with Gasteiger partial charge in [-0.25, -0.2) is 8.78 Å². The van der Waals surface area contributed by atoms with Gasteiger partial charge in [-0.2, -0.15) is 8.78 Å². The molecule has 2 rings (SSSR count). The van der Waals surface area contributed by atoms with Crippen molar-refractivity contribution in [1.82, 2.24) is 0 Å². The largest absolute Gasteiger partial charge is 0.457 e. The van der Waals surface area contributed by atoms with Crippen molar-refractivity contribution in [2.75, 3.05) is 0 Å². The highest BCUT2D eigenvalue weighted by atomic mass is 32.2. The molecule has 1 aromatic rings. The molecule has 1 heterocycles. The number of fused-ring (bicyclic) bond motifs is 1. The fourth-order valence-electron chi connectivity index (χ4n) is 0.979. The Hall–Kier alpha value is -0.910. The van der Waals surface area contributed by atoms with Crippen LogP contribution in [0.5, 0.6) is 5.75 Å². The minimum atomic E-state index is -3.50. The van der Waals surface area contributed by atoms with E-state index in [4.69, 9.17) is 0 Å². The topological polar surface area (TPSA) is 9.23 Å². The van der Waals surface area contributed by atoms with Crippen LogP contribution in [0.15, 0.2) is 17.0 Å². The van der Waals surface area contributed by atoms with Crippen molar-refractivity contribution in [3.8, 4) is 5.75 Å². The summed E-state index contributed by atoms with van der Waals surface area (Å²) in [6, 6.07) is 1.31. The highest BCUT2D eigenvalue weighted by molar-refractivity contribution is 8.00. The standard InChI is InChI=1S/C7H2F4OS/c8-3-1-4(9)6-5(2-3)13-7(10,11)12-6/h1-2H. The van der Waals surface area contributed by atoms with Gasteiger partial charge in [0.2, 0.25) is 0 Å². The number of alkyl halides is 2. The Bertz CT molecular complexity index is 366. The molecule has 1 aliphatic rings. The van der Waals surface area contributed by atoms with Crippen LogP contribution in [0.3, 0.4) is 0 Å². The second-order valence-electron chi connectivity index (χ2n) is 2.38. The molecule has 0 bridgehead atoms. The Morgan fingerprint density at radius 2 is 1.92 bits per heavy atom. The van der Waals surface area contributed by atoms with Crippen LogP contribution < -0.4 is 4.74 Å². The molecule has 1 nitrogen and oxygen atoms in total. The van der Waals surface area contributed by atoms with E-state index < -0.39 is 22.8 Å². The fraction of sp³-hybridized carbons (Fsp3) is 0.143. The van der Waals surface area contributed by atoms with E-state index in [-0.39, 0.29) is 16.7 Å². The maximum absolute atomic E-state index is 12.8. The summed E-state index contributed by atoms with van der Waals surface area (Å²) in [7, 11) is 0. The first kappa shape index (κ1) is 8.68. The van der Waals surface area contributed by atoms with Gasteiger partial charge in [0, 0.05) is 6.07 Å². The number of thioether (sulfide) groups is 1. The predicted octanol–water partition coefficient (Wildman–Crippen LogP) is 3.00. The summed E-state index contributed by atoms with van der Waals surface area (Å²) >= 11 is -0.0139. The quantitative estimate of drug-likeness (QED) is 0.609. The Balaban J connectivity index is 2.52. The predicted molar refractivity (Wildman–Crippen MR) is 37.8 cm³/mol. The smallest absolute Gasteiger partial charge is 0.419 e. The second kappa shape index (κ2) is 2.54. The number of hydrogen-bond donors (Lipinski definition) is 0. The molecule has 0 unspecified atom stereocenters. The monoisotopic (exact) mass is 210 g/mol. The molecule has 0 radical (unpaired) electrons. The second-order valence-corrected chi connectivity index (χ2v) is 3.50. The molecule has 0 aliphatic carbocycles. The zero-order valence-corrected chi connectivity index (χ0v) is 6.80. The highest BCUT2D eigenvalue weighted by Gasteiger charge is 2.43. The molecule has 13 heavy (non-hydrogen) atoms. The van der Waals surface area contributed by atoms with Crippen LogP contribution in [0.2, 0.25) is 0 Å². The van der Waals surface area contributed by atoms with E-state index in [9.17, 15) is 17.6 Å². The third-order valence-corrected chi connectivity index (χ3v) is 2.27. The van der Waals surface area contributed by atoms with Crippen LogP contribution in [0.25, 0.3) is 0 Å². The first-order valence-corrected chi connectivity index (χ1v) is 4.04. The molecule has 6 heteroatoms. The van der Waals surface area contributed by atoms with E-state index >= 15 is 0 Å². The molecular weight excluding hydrogens is 208 g/mol. The van der Waals surface area contributed by atoms with Gasteiger partial charge in [-0.05, 0) is 17.8 Å². The van der Waals surface area contributed by atoms with Gasteiger partial charge in [0.05, 0.1) is 4.90 Å². The summed E-state index contributed by atoms with van der Waals surface area (Å²) in [6.07, 6.45) is 0. The van der Waals surface area contributed by atoms with E-state index in [2.05, 4.69) is 4.74 Å². The van der Waals surface area contributed by atoms with Crippen molar-refractivity contribution in [2.45, 2.75) is 10.3 Å². The Kier molecular flexibility index (Phi) is 1.69. The minimum absolute atomic E-state index is 0.0139. The first-order valence-electron chi connectivity index (χ1n) is 3.23. The number of ether oxygens (including phenoxy) is 1. The molecule has 0 amide bonds. The van der Waals surface area contributed by atoms with Crippen molar-refractivity contribution < 1.29 is 22.3 Å². The van der Waals surface area contributed by atoms with Crippen molar-refractivity contribution in [2.24, 2.45) is 0 Å². The van der Waals surface area contributed by atoms with E-state index in [1.807, 2.05) is 0 Å². The number of benzene rings is 1. The van der Waals surface area contributed by atoms with Crippen LogP contribution in [0.4, 0.5) is 17.6 Å². The van der Waals surface area contributed by atoms with E-state index in [0.717, 1.165) is 6.07 Å². The lowest BCUT2D eigenvalue weighted by atomic mass is 10.3. The summed E-state index contributed by atoms with van der Waals surface area (Å²) in [4.78, 5) is -0.220. The normalized spacial score (nSPS) is 18.2. The van der Waals surface area contributed by atoms with Crippen molar-refractivity contribution in [3.63, 3.8) is 0 Å². The molecular formula is C7H2F4OS. The summed E-state index contributed by atoms with van der Waals surface area (Å²) in [5, 5.41) is 0. The van der Waals surface area contributed by atoms with Gasteiger partial charge in [-0.1, -0.05) is 0 Å². The lowest BCUT2D eigenvalue weighted by Crippen LogP contribution is -2.14. The average Bonchev–Trinajstić information content (AvgIpc) is 2.23. The highest BCUT2D eigenvalue weighted by Crippen LogP contribution is 2.50. The first-order chi connectivity index (χ1) is 5.98. The van der Waals surface area contributed by atoms with E-state index in [1.54, 1.807) is 0 Å². The molecule has 0 fully saturated rings.